The molecule has 1 atom stereocenters. The summed E-state index contributed by atoms with van der Waals surface area (Å²) in [4.78, 5) is 42.7. The summed E-state index contributed by atoms with van der Waals surface area (Å²) in [5, 5.41) is 0. The molecule has 2 N–H and O–H groups in total. The number of rotatable bonds is 35. The standard InChI is InChI=1S/C42H71O8P/c1-3-5-7-9-11-13-15-17-19-20-21-22-23-25-27-29-31-33-35-37-42(44)50-40(39-49-51(45,46)47)38-48-41(43)36-34-32-30-28-26-24-18-16-14-12-10-8-6-4-2/h10-13,16-19,21-22,25,27,40H,3-9,14-15,20,23-24,26,28-39H2,1-2H3,(H2,45,46,47)/b12-10-,13-11-,18-16-,19-17-,22-21-,27-25-/t40-/m1/s1. The Morgan fingerprint density at radius 3 is 1.39 bits per heavy atom. The van der Waals surface area contributed by atoms with Crippen molar-refractivity contribution in [2.45, 2.75) is 168 Å². The molecule has 0 aliphatic rings. The Bertz CT molecular complexity index is 1050. The first-order chi connectivity index (χ1) is 24.8. The van der Waals surface area contributed by atoms with Crippen LogP contribution in [-0.4, -0.2) is 41.0 Å². The van der Waals surface area contributed by atoms with Crippen molar-refractivity contribution < 1.29 is 37.9 Å². The Morgan fingerprint density at radius 1 is 0.510 bits per heavy atom. The summed E-state index contributed by atoms with van der Waals surface area (Å²) in [6.45, 7) is 3.56. The van der Waals surface area contributed by atoms with E-state index in [9.17, 15) is 14.2 Å². The lowest BCUT2D eigenvalue weighted by atomic mass is 10.1. The summed E-state index contributed by atoms with van der Waals surface area (Å²) < 4.78 is 26.3. The minimum atomic E-state index is -4.77. The van der Waals surface area contributed by atoms with Crippen molar-refractivity contribution in [2.24, 2.45) is 0 Å². The summed E-state index contributed by atoms with van der Waals surface area (Å²) in [6.07, 6.45) is 47.6. The Kier molecular flexibility index (Phi) is 35.4. The van der Waals surface area contributed by atoms with Gasteiger partial charge in [0, 0.05) is 12.8 Å². The van der Waals surface area contributed by atoms with E-state index in [0.717, 1.165) is 83.5 Å². The zero-order valence-electron chi connectivity index (χ0n) is 32.0. The highest BCUT2D eigenvalue weighted by Crippen LogP contribution is 2.36. The fourth-order valence-electron chi connectivity index (χ4n) is 4.96. The van der Waals surface area contributed by atoms with Gasteiger partial charge in [0.25, 0.3) is 0 Å². The second kappa shape index (κ2) is 37.3. The smallest absolute Gasteiger partial charge is 0.462 e. The largest absolute Gasteiger partial charge is 0.469 e. The average Bonchev–Trinajstić information content (AvgIpc) is 3.10. The summed E-state index contributed by atoms with van der Waals surface area (Å²) in [7, 11) is -4.77. The second-order valence-electron chi connectivity index (χ2n) is 12.9. The molecular weight excluding hydrogens is 663 g/mol. The van der Waals surface area contributed by atoms with E-state index in [-0.39, 0.29) is 19.4 Å². The fraction of sp³-hybridized carbons (Fsp3) is 0.667. The molecular formula is C42H71O8P. The molecule has 9 heteroatoms. The molecule has 0 aromatic heterocycles. The molecule has 292 valence electrons. The van der Waals surface area contributed by atoms with E-state index >= 15 is 0 Å². The highest BCUT2D eigenvalue weighted by atomic mass is 31.2. The number of ether oxygens (including phenoxy) is 2. The monoisotopic (exact) mass is 734 g/mol. The molecule has 0 aromatic carbocycles. The molecule has 0 spiro atoms. The van der Waals surface area contributed by atoms with E-state index in [1.54, 1.807) is 0 Å². The van der Waals surface area contributed by atoms with Crippen molar-refractivity contribution in [1.82, 2.24) is 0 Å². The number of unbranched alkanes of at least 4 members (excludes halogenated alkanes) is 13. The van der Waals surface area contributed by atoms with Gasteiger partial charge in [-0.05, 0) is 83.5 Å². The van der Waals surface area contributed by atoms with Crippen LogP contribution in [0.1, 0.15) is 162 Å². The molecule has 0 aromatic rings. The highest BCUT2D eigenvalue weighted by molar-refractivity contribution is 7.46. The number of phosphoric ester groups is 1. The third-order valence-electron chi connectivity index (χ3n) is 7.95. The van der Waals surface area contributed by atoms with Gasteiger partial charge in [-0.2, -0.15) is 0 Å². The molecule has 0 saturated carbocycles. The number of phosphoric acid groups is 1. The molecule has 8 nitrogen and oxygen atoms in total. The second-order valence-corrected chi connectivity index (χ2v) is 14.1. The Hall–Kier alpha value is -2.51. The van der Waals surface area contributed by atoms with E-state index < -0.39 is 32.5 Å². The number of hydrogen-bond donors (Lipinski definition) is 2. The molecule has 0 amide bonds. The summed E-state index contributed by atoms with van der Waals surface area (Å²) in [5.74, 6) is -0.944. The van der Waals surface area contributed by atoms with Crippen molar-refractivity contribution in [1.29, 1.82) is 0 Å². The zero-order valence-corrected chi connectivity index (χ0v) is 32.9. The van der Waals surface area contributed by atoms with Crippen LogP contribution in [0.2, 0.25) is 0 Å². The molecule has 0 fully saturated rings. The average molecular weight is 735 g/mol. The van der Waals surface area contributed by atoms with E-state index in [1.807, 2.05) is 0 Å². The Labute approximate surface area is 310 Å². The third-order valence-corrected chi connectivity index (χ3v) is 8.43. The van der Waals surface area contributed by atoms with Crippen molar-refractivity contribution in [3.63, 3.8) is 0 Å². The summed E-state index contributed by atoms with van der Waals surface area (Å²) in [6, 6.07) is 0. The van der Waals surface area contributed by atoms with Gasteiger partial charge in [-0.25, -0.2) is 4.57 Å². The van der Waals surface area contributed by atoms with Crippen LogP contribution in [0.15, 0.2) is 72.9 Å². The van der Waals surface area contributed by atoms with Crippen LogP contribution in [-0.2, 0) is 28.2 Å². The van der Waals surface area contributed by atoms with E-state index in [4.69, 9.17) is 19.3 Å². The van der Waals surface area contributed by atoms with Crippen LogP contribution in [0.25, 0.3) is 0 Å². The van der Waals surface area contributed by atoms with E-state index in [2.05, 4.69) is 91.3 Å². The van der Waals surface area contributed by atoms with Crippen molar-refractivity contribution in [3.05, 3.63) is 72.9 Å². The van der Waals surface area contributed by atoms with Crippen LogP contribution in [0, 0.1) is 0 Å². The van der Waals surface area contributed by atoms with Gasteiger partial charge in [-0.1, -0.05) is 138 Å². The lowest BCUT2D eigenvalue weighted by Gasteiger charge is -2.18. The van der Waals surface area contributed by atoms with Crippen LogP contribution < -0.4 is 0 Å². The molecule has 0 rings (SSSR count). The summed E-state index contributed by atoms with van der Waals surface area (Å²) in [5.41, 5.74) is 0. The van der Waals surface area contributed by atoms with Crippen LogP contribution >= 0.6 is 7.82 Å². The number of hydrogen-bond acceptors (Lipinski definition) is 6. The first-order valence-corrected chi connectivity index (χ1v) is 21.3. The molecule has 0 saturated heterocycles. The number of carbonyl (C=O) groups excluding carboxylic acids is 2. The van der Waals surface area contributed by atoms with Crippen molar-refractivity contribution in [3.8, 4) is 0 Å². The summed E-state index contributed by atoms with van der Waals surface area (Å²) >= 11 is 0. The number of esters is 2. The highest BCUT2D eigenvalue weighted by Gasteiger charge is 2.22. The van der Waals surface area contributed by atoms with Crippen molar-refractivity contribution >= 4 is 19.8 Å². The maximum absolute atomic E-state index is 12.4. The third kappa shape index (κ3) is 40.1. The molecule has 0 aliphatic heterocycles. The van der Waals surface area contributed by atoms with Crippen molar-refractivity contribution in [2.75, 3.05) is 13.2 Å². The lowest BCUT2D eigenvalue weighted by Crippen LogP contribution is -2.29. The molecule has 0 aliphatic carbocycles. The Morgan fingerprint density at radius 2 is 0.902 bits per heavy atom. The molecule has 0 bridgehead atoms. The maximum Gasteiger partial charge on any atom is 0.469 e. The van der Waals surface area contributed by atoms with Gasteiger partial charge in [0.15, 0.2) is 6.10 Å². The van der Waals surface area contributed by atoms with Gasteiger partial charge in [0.1, 0.15) is 6.61 Å². The van der Waals surface area contributed by atoms with Gasteiger partial charge in [-0.3, -0.25) is 14.1 Å². The first kappa shape index (κ1) is 48.5. The van der Waals surface area contributed by atoms with Gasteiger partial charge in [0.05, 0.1) is 6.61 Å². The quantitative estimate of drug-likeness (QED) is 0.0286. The zero-order chi connectivity index (χ0) is 37.5. The van der Waals surface area contributed by atoms with Gasteiger partial charge in [-0.15, -0.1) is 0 Å². The van der Waals surface area contributed by atoms with E-state index in [1.165, 1.54) is 38.5 Å². The normalized spacial score (nSPS) is 13.3. The maximum atomic E-state index is 12.4. The SMILES string of the molecule is CCCC/C=C\C/C=C\CCCCCCCC(=O)OC[C@H](COP(=O)(O)O)OC(=O)CCCCC/C=C\C/C=C\C/C=C\C/C=C\CCCCC. The number of allylic oxidation sites excluding steroid dienone is 12. The predicted molar refractivity (Wildman–Crippen MR) is 211 cm³/mol. The van der Waals surface area contributed by atoms with E-state index in [0.29, 0.717) is 12.8 Å². The van der Waals surface area contributed by atoms with Crippen LogP contribution in [0.4, 0.5) is 0 Å². The molecule has 0 unspecified atom stereocenters. The van der Waals surface area contributed by atoms with Gasteiger partial charge in [0.2, 0.25) is 0 Å². The molecule has 0 radical (unpaired) electrons. The topological polar surface area (TPSA) is 119 Å². The lowest BCUT2D eigenvalue weighted by molar-refractivity contribution is -0.161. The molecule has 51 heavy (non-hydrogen) atoms. The number of carbonyl (C=O) groups is 2. The first-order valence-electron chi connectivity index (χ1n) is 19.7. The minimum Gasteiger partial charge on any atom is -0.462 e. The van der Waals surface area contributed by atoms with Crippen LogP contribution in [0.3, 0.4) is 0 Å². The minimum absolute atomic E-state index is 0.168. The molecule has 0 heterocycles. The van der Waals surface area contributed by atoms with Crippen LogP contribution in [0.5, 0.6) is 0 Å². The predicted octanol–water partition coefficient (Wildman–Crippen LogP) is 11.9. The Balaban J connectivity index is 4.06. The van der Waals surface area contributed by atoms with Gasteiger partial charge >= 0.3 is 19.8 Å². The fourth-order valence-corrected chi connectivity index (χ4v) is 5.32. The van der Waals surface area contributed by atoms with Gasteiger partial charge < -0.3 is 19.3 Å².